The van der Waals surface area contributed by atoms with Gasteiger partial charge in [0, 0.05) is 12.5 Å². The Morgan fingerprint density at radius 3 is 2.17 bits per heavy atom. The van der Waals surface area contributed by atoms with Crippen LogP contribution >= 0.6 is 0 Å². The first-order valence-corrected chi connectivity index (χ1v) is 7.25. The molecule has 1 rings (SSSR count). The molecule has 0 amide bonds. The summed E-state index contributed by atoms with van der Waals surface area (Å²) < 4.78 is 41.2. The highest BCUT2D eigenvalue weighted by molar-refractivity contribution is 5.81. The zero-order chi connectivity index (χ0) is 19.0. The number of esters is 2. The summed E-state index contributed by atoms with van der Waals surface area (Å²) in [5, 5.41) is 10.4. The Bertz CT molecular complexity index is 454. The van der Waals surface area contributed by atoms with E-state index in [1.165, 1.54) is 14.2 Å². The van der Waals surface area contributed by atoms with E-state index in [1.54, 1.807) is 0 Å². The van der Waals surface area contributed by atoms with Gasteiger partial charge in [-0.25, -0.2) is 4.79 Å². The highest BCUT2D eigenvalue weighted by Crippen LogP contribution is 2.29. The normalized spacial score (nSPS) is 23.0. The van der Waals surface area contributed by atoms with Crippen LogP contribution in [0.1, 0.15) is 39.0 Å². The predicted octanol–water partition coefficient (Wildman–Crippen LogP) is 1.65. The van der Waals surface area contributed by atoms with Gasteiger partial charge < -0.3 is 14.6 Å². The molecule has 1 fully saturated rings. The highest BCUT2D eigenvalue weighted by atomic mass is 19.4. The highest BCUT2D eigenvalue weighted by Gasteiger charge is 2.44. The molecule has 1 heterocycles. The van der Waals surface area contributed by atoms with Crippen LogP contribution < -0.4 is 5.32 Å². The number of rotatable bonds is 5. The minimum Gasteiger partial charge on any atom is -0.475 e. The fraction of sp³-hybridized carbons (Fsp3) is 0.786. The van der Waals surface area contributed by atoms with Crippen LogP contribution in [0.15, 0.2) is 0 Å². The molecule has 0 spiro atoms. The number of carbonyl (C=O) groups is 3. The average molecular weight is 357 g/mol. The quantitative estimate of drug-likeness (QED) is 0.721. The van der Waals surface area contributed by atoms with E-state index in [4.69, 9.17) is 14.6 Å². The van der Waals surface area contributed by atoms with Crippen LogP contribution in [-0.4, -0.2) is 55.0 Å². The second kappa shape index (κ2) is 9.45. The molecule has 0 saturated carbocycles. The lowest BCUT2D eigenvalue weighted by Gasteiger charge is -2.26. The Morgan fingerprint density at radius 2 is 1.79 bits per heavy atom. The topological polar surface area (TPSA) is 102 Å². The Morgan fingerprint density at radius 1 is 1.25 bits per heavy atom. The molecule has 0 aliphatic carbocycles. The summed E-state index contributed by atoms with van der Waals surface area (Å²) in [5.74, 6) is -3.17. The predicted molar refractivity (Wildman–Crippen MR) is 76.1 cm³/mol. The number of nitrogens with one attached hydrogen (secondary N) is 1. The van der Waals surface area contributed by atoms with E-state index >= 15 is 0 Å². The maximum atomic E-state index is 11.7. The number of methoxy groups -OCH3 is 2. The summed E-state index contributed by atoms with van der Waals surface area (Å²) in [6.07, 6.45) is -1.64. The molecule has 140 valence electrons. The van der Waals surface area contributed by atoms with Gasteiger partial charge in [-0.15, -0.1) is 0 Å². The molecule has 1 saturated heterocycles. The van der Waals surface area contributed by atoms with Crippen molar-refractivity contribution in [3.05, 3.63) is 0 Å². The largest absolute Gasteiger partial charge is 0.490 e. The van der Waals surface area contributed by atoms with Crippen LogP contribution in [0.25, 0.3) is 0 Å². The second-order valence-corrected chi connectivity index (χ2v) is 5.22. The number of aliphatic carboxylic acids is 1. The van der Waals surface area contributed by atoms with Crippen molar-refractivity contribution in [3.63, 3.8) is 0 Å². The minimum atomic E-state index is -5.08. The summed E-state index contributed by atoms with van der Waals surface area (Å²) in [6, 6.07) is 0.188. The number of halogens is 3. The molecule has 2 atom stereocenters. The lowest BCUT2D eigenvalue weighted by Crippen LogP contribution is -2.50. The third-order valence-corrected chi connectivity index (χ3v) is 3.75. The standard InChI is InChI=1S/C12H21NO4.C2HF3O2/c1-4-12(11(15)17-3)8-7-9(13-12)5-6-10(14)16-2;3-2(4,5)1(6)7/h9,13H,4-8H2,1-3H3;(H,6,7)/t9-,12+;/m0./s1. The van der Waals surface area contributed by atoms with E-state index in [9.17, 15) is 22.8 Å². The minimum absolute atomic E-state index is 0.188. The Kier molecular flexibility index (Phi) is 8.73. The molecule has 1 aliphatic heterocycles. The van der Waals surface area contributed by atoms with Crippen molar-refractivity contribution in [1.29, 1.82) is 0 Å². The monoisotopic (exact) mass is 357 g/mol. The SMILES string of the molecule is CC[C@]1(C(=O)OC)CC[C@H](CCC(=O)OC)N1.O=C(O)C(F)(F)F. The van der Waals surface area contributed by atoms with E-state index in [0.717, 1.165) is 12.8 Å². The van der Waals surface area contributed by atoms with Crippen molar-refractivity contribution in [2.24, 2.45) is 0 Å². The van der Waals surface area contributed by atoms with Gasteiger partial charge >= 0.3 is 24.1 Å². The van der Waals surface area contributed by atoms with Crippen molar-refractivity contribution in [2.75, 3.05) is 14.2 Å². The summed E-state index contributed by atoms with van der Waals surface area (Å²) >= 11 is 0. The van der Waals surface area contributed by atoms with E-state index in [0.29, 0.717) is 19.3 Å². The van der Waals surface area contributed by atoms with Gasteiger partial charge in [0.15, 0.2) is 0 Å². The fourth-order valence-corrected chi connectivity index (χ4v) is 2.35. The van der Waals surface area contributed by atoms with E-state index in [2.05, 4.69) is 10.1 Å². The Balaban J connectivity index is 0.000000640. The van der Waals surface area contributed by atoms with Crippen LogP contribution in [0, 0.1) is 0 Å². The molecule has 7 nitrogen and oxygen atoms in total. The molecule has 0 radical (unpaired) electrons. The lowest BCUT2D eigenvalue weighted by molar-refractivity contribution is -0.192. The summed E-state index contributed by atoms with van der Waals surface area (Å²) in [6.45, 7) is 1.96. The lowest BCUT2D eigenvalue weighted by atomic mass is 9.94. The zero-order valence-electron chi connectivity index (χ0n) is 13.7. The molecule has 0 unspecified atom stereocenters. The zero-order valence-corrected chi connectivity index (χ0v) is 13.7. The van der Waals surface area contributed by atoms with Crippen LogP contribution in [-0.2, 0) is 23.9 Å². The Hall–Kier alpha value is -1.84. The molecular weight excluding hydrogens is 335 g/mol. The van der Waals surface area contributed by atoms with Gasteiger partial charge in [-0.3, -0.25) is 14.9 Å². The molecule has 0 aromatic rings. The van der Waals surface area contributed by atoms with Crippen LogP contribution in [0.2, 0.25) is 0 Å². The number of hydrogen-bond donors (Lipinski definition) is 2. The summed E-state index contributed by atoms with van der Waals surface area (Å²) in [4.78, 5) is 31.7. The van der Waals surface area contributed by atoms with Crippen molar-refractivity contribution < 1.29 is 42.1 Å². The van der Waals surface area contributed by atoms with Crippen molar-refractivity contribution in [2.45, 2.75) is 56.8 Å². The first kappa shape index (κ1) is 22.2. The Labute approximate surface area is 137 Å². The van der Waals surface area contributed by atoms with Gasteiger partial charge in [0.2, 0.25) is 0 Å². The van der Waals surface area contributed by atoms with Crippen LogP contribution in [0.5, 0.6) is 0 Å². The molecule has 1 aliphatic rings. The van der Waals surface area contributed by atoms with E-state index in [1.807, 2.05) is 6.92 Å². The first-order valence-electron chi connectivity index (χ1n) is 7.25. The third kappa shape index (κ3) is 6.73. The molecule has 24 heavy (non-hydrogen) atoms. The van der Waals surface area contributed by atoms with Gasteiger partial charge in [-0.05, 0) is 25.7 Å². The molecule has 0 aromatic heterocycles. The molecule has 2 N–H and O–H groups in total. The summed E-state index contributed by atoms with van der Waals surface area (Å²) in [5.41, 5.74) is -0.560. The van der Waals surface area contributed by atoms with Crippen LogP contribution in [0.3, 0.4) is 0 Å². The van der Waals surface area contributed by atoms with Crippen molar-refractivity contribution >= 4 is 17.9 Å². The van der Waals surface area contributed by atoms with Gasteiger partial charge in [0.1, 0.15) is 5.54 Å². The number of carbonyl (C=O) groups excluding carboxylic acids is 2. The molecule has 0 bridgehead atoms. The smallest absolute Gasteiger partial charge is 0.475 e. The van der Waals surface area contributed by atoms with Gasteiger partial charge in [0.25, 0.3) is 0 Å². The van der Waals surface area contributed by atoms with Crippen LogP contribution in [0.4, 0.5) is 13.2 Å². The van der Waals surface area contributed by atoms with E-state index in [-0.39, 0.29) is 18.0 Å². The van der Waals surface area contributed by atoms with Crippen molar-refractivity contribution in [3.8, 4) is 0 Å². The molecule has 0 aromatic carbocycles. The maximum Gasteiger partial charge on any atom is 0.490 e. The van der Waals surface area contributed by atoms with Gasteiger partial charge in [0.05, 0.1) is 14.2 Å². The number of ether oxygens (including phenoxy) is 2. The summed E-state index contributed by atoms with van der Waals surface area (Å²) in [7, 11) is 2.79. The fourth-order valence-electron chi connectivity index (χ4n) is 2.35. The number of alkyl halides is 3. The van der Waals surface area contributed by atoms with Crippen molar-refractivity contribution in [1.82, 2.24) is 5.32 Å². The van der Waals surface area contributed by atoms with Gasteiger partial charge in [-0.2, -0.15) is 13.2 Å². The average Bonchev–Trinajstić information content (AvgIpc) is 2.96. The number of carboxylic acid groups (broad SMARTS) is 1. The number of hydrogen-bond acceptors (Lipinski definition) is 6. The number of carboxylic acids is 1. The third-order valence-electron chi connectivity index (χ3n) is 3.75. The molecular formula is C14H22F3NO6. The van der Waals surface area contributed by atoms with Gasteiger partial charge in [-0.1, -0.05) is 6.92 Å². The van der Waals surface area contributed by atoms with E-state index < -0.39 is 17.7 Å². The first-order chi connectivity index (χ1) is 11.0. The second-order valence-electron chi connectivity index (χ2n) is 5.22. The molecule has 10 heteroatoms. The maximum absolute atomic E-state index is 11.7.